The lowest BCUT2D eigenvalue weighted by atomic mass is 9.80. The van der Waals surface area contributed by atoms with E-state index in [0.717, 1.165) is 37.4 Å². The lowest BCUT2D eigenvalue weighted by Crippen LogP contribution is -2.22. The maximum atomic E-state index is 10.8. The Hall–Kier alpha value is -0.860. The van der Waals surface area contributed by atoms with Crippen molar-refractivity contribution in [2.75, 3.05) is 13.2 Å². The first kappa shape index (κ1) is 12.6. The van der Waals surface area contributed by atoms with Gasteiger partial charge in [0.1, 0.15) is 6.29 Å². The van der Waals surface area contributed by atoms with E-state index in [9.17, 15) is 4.79 Å². The molecule has 0 radical (unpaired) electrons. The molecule has 1 heterocycles. The van der Waals surface area contributed by atoms with Crippen molar-refractivity contribution >= 4 is 17.9 Å². The molecule has 2 nitrogen and oxygen atoms in total. The predicted octanol–water partition coefficient (Wildman–Crippen LogP) is 3.44. The van der Waals surface area contributed by atoms with Crippen molar-refractivity contribution in [3.8, 4) is 0 Å². The van der Waals surface area contributed by atoms with E-state index >= 15 is 0 Å². The average Bonchev–Trinajstić information content (AvgIpc) is 2.38. The molecule has 1 aromatic carbocycles. The van der Waals surface area contributed by atoms with Gasteiger partial charge in [-0.1, -0.05) is 23.7 Å². The molecule has 1 fully saturated rings. The number of carbonyl (C=O) groups excluding carboxylic acids is 1. The molecule has 0 spiro atoms. The Morgan fingerprint density at radius 2 is 1.94 bits per heavy atom. The third kappa shape index (κ3) is 3.30. The summed E-state index contributed by atoms with van der Waals surface area (Å²) < 4.78 is 5.37. The summed E-state index contributed by atoms with van der Waals surface area (Å²) in [4.78, 5) is 10.8. The lowest BCUT2D eigenvalue weighted by Gasteiger charge is -2.29. The smallest absolute Gasteiger partial charge is 0.120 e. The van der Waals surface area contributed by atoms with Crippen molar-refractivity contribution < 1.29 is 9.53 Å². The molecule has 0 aromatic heterocycles. The Bertz CT molecular complexity index is 355. The fourth-order valence-corrected chi connectivity index (χ4v) is 2.66. The molecule has 1 aromatic rings. The van der Waals surface area contributed by atoms with Crippen molar-refractivity contribution in [1.82, 2.24) is 0 Å². The molecular weight excluding hydrogens is 236 g/mol. The molecule has 0 amide bonds. The predicted molar refractivity (Wildman–Crippen MR) is 68.4 cm³/mol. The zero-order valence-corrected chi connectivity index (χ0v) is 10.5. The zero-order chi connectivity index (χ0) is 12.1. The van der Waals surface area contributed by atoms with E-state index in [4.69, 9.17) is 16.3 Å². The molecule has 0 N–H and O–H groups in total. The molecule has 1 saturated heterocycles. The fraction of sp³-hybridized carbons (Fsp3) is 0.500. The molecule has 1 atom stereocenters. The normalized spacial score (nSPS) is 18.9. The van der Waals surface area contributed by atoms with Gasteiger partial charge in [0.05, 0.1) is 0 Å². The van der Waals surface area contributed by atoms with Crippen LogP contribution >= 0.6 is 11.6 Å². The van der Waals surface area contributed by atoms with Crippen LogP contribution in [0.3, 0.4) is 0 Å². The maximum Gasteiger partial charge on any atom is 0.120 e. The standard InChI is InChI=1S/C14H17ClO2/c15-13-3-1-11(2-4-13)14(5-8-16)12-6-9-17-10-7-12/h1-4,8,12,14H,5-7,9-10H2. The average molecular weight is 253 g/mol. The van der Waals surface area contributed by atoms with Crippen molar-refractivity contribution in [3.05, 3.63) is 34.9 Å². The minimum absolute atomic E-state index is 0.314. The number of benzene rings is 1. The first-order valence-corrected chi connectivity index (χ1v) is 6.46. The van der Waals surface area contributed by atoms with Crippen LogP contribution in [0.15, 0.2) is 24.3 Å². The first-order chi connectivity index (χ1) is 8.31. The van der Waals surface area contributed by atoms with Crippen molar-refractivity contribution in [3.63, 3.8) is 0 Å². The van der Waals surface area contributed by atoms with E-state index in [2.05, 4.69) is 0 Å². The van der Waals surface area contributed by atoms with Gasteiger partial charge in [-0.15, -0.1) is 0 Å². The van der Waals surface area contributed by atoms with Crippen LogP contribution in [0.25, 0.3) is 0 Å². The molecule has 3 heteroatoms. The van der Waals surface area contributed by atoms with Gasteiger partial charge in [-0.2, -0.15) is 0 Å². The van der Waals surface area contributed by atoms with Crippen molar-refractivity contribution in [2.24, 2.45) is 5.92 Å². The summed E-state index contributed by atoms with van der Waals surface area (Å²) in [6.45, 7) is 1.63. The Labute approximate surface area is 107 Å². The van der Waals surface area contributed by atoms with Gasteiger partial charge in [0, 0.05) is 24.7 Å². The van der Waals surface area contributed by atoms with E-state index in [0.29, 0.717) is 18.3 Å². The fourth-order valence-electron chi connectivity index (χ4n) is 2.53. The van der Waals surface area contributed by atoms with Crippen LogP contribution in [0.1, 0.15) is 30.7 Å². The van der Waals surface area contributed by atoms with Gasteiger partial charge in [-0.3, -0.25) is 0 Å². The highest BCUT2D eigenvalue weighted by Gasteiger charge is 2.24. The highest BCUT2D eigenvalue weighted by Crippen LogP contribution is 2.34. The molecule has 1 aliphatic rings. The summed E-state index contributed by atoms with van der Waals surface area (Å²) in [6, 6.07) is 7.86. The van der Waals surface area contributed by atoms with E-state index in [1.54, 1.807) is 0 Å². The molecule has 1 unspecified atom stereocenters. The highest BCUT2D eigenvalue weighted by molar-refractivity contribution is 6.30. The third-order valence-electron chi connectivity index (χ3n) is 3.48. The van der Waals surface area contributed by atoms with Crippen LogP contribution in [0.5, 0.6) is 0 Å². The minimum Gasteiger partial charge on any atom is -0.381 e. The van der Waals surface area contributed by atoms with Crippen LogP contribution in [-0.4, -0.2) is 19.5 Å². The summed E-state index contributed by atoms with van der Waals surface area (Å²) in [5.41, 5.74) is 1.22. The third-order valence-corrected chi connectivity index (χ3v) is 3.74. The van der Waals surface area contributed by atoms with Crippen LogP contribution in [0.2, 0.25) is 5.02 Å². The number of halogens is 1. The molecule has 92 valence electrons. The quantitative estimate of drug-likeness (QED) is 0.768. The number of hydrogen-bond acceptors (Lipinski definition) is 2. The van der Waals surface area contributed by atoms with Crippen LogP contribution in [0, 0.1) is 5.92 Å². The van der Waals surface area contributed by atoms with Crippen molar-refractivity contribution in [2.45, 2.75) is 25.2 Å². The number of hydrogen-bond donors (Lipinski definition) is 0. The van der Waals surface area contributed by atoms with E-state index in [1.807, 2.05) is 24.3 Å². The maximum absolute atomic E-state index is 10.8. The van der Waals surface area contributed by atoms with Crippen LogP contribution < -0.4 is 0 Å². The Kier molecular flexibility index (Phi) is 4.57. The van der Waals surface area contributed by atoms with Crippen molar-refractivity contribution in [1.29, 1.82) is 0 Å². The van der Waals surface area contributed by atoms with Gasteiger partial charge < -0.3 is 9.53 Å². The van der Waals surface area contributed by atoms with Gasteiger partial charge in [0.15, 0.2) is 0 Å². The zero-order valence-electron chi connectivity index (χ0n) is 9.77. The van der Waals surface area contributed by atoms with Gasteiger partial charge >= 0.3 is 0 Å². The second kappa shape index (κ2) is 6.18. The molecule has 0 saturated carbocycles. The SMILES string of the molecule is O=CCC(c1ccc(Cl)cc1)C1CCOCC1. The van der Waals surface area contributed by atoms with Gasteiger partial charge in [-0.25, -0.2) is 0 Å². The number of ether oxygens (including phenoxy) is 1. The largest absolute Gasteiger partial charge is 0.381 e. The van der Waals surface area contributed by atoms with E-state index < -0.39 is 0 Å². The number of rotatable bonds is 4. The first-order valence-electron chi connectivity index (χ1n) is 6.08. The Morgan fingerprint density at radius 1 is 1.29 bits per heavy atom. The molecular formula is C14H17ClO2. The van der Waals surface area contributed by atoms with Gasteiger partial charge in [-0.05, 0) is 42.4 Å². The second-order valence-electron chi connectivity index (χ2n) is 4.51. The monoisotopic (exact) mass is 252 g/mol. The van der Waals surface area contributed by atoms with E-state index in [1.165, 1.54) is 5.56 Å². The number of aldehydes is 1. The summed E-state index contributed by atoms with van der Waals surface area (Å²) in [5, 5.41) is 0.741. The summed E-state index contributed by atoms with van der Waals surface area (Å²) in [6.07, 6.45) is 3.70. The molecule has 2 rings (SSSR count). The highest BCUT2D eigenvalue weighted by atomic mass is 35.5. The topological polar surface area (TPSA) is 26.3 Å². The van der Waals surface area contributed by atoms with Gasteiger partial charge in [0.2, 0.25) is 0 Å². The second-order valence-corrected chi connectivity index (χ2v) is 4.95. The van der Waals surface area contributed by atoms with Gasteiger partial charge in [0.25, 0.3) is 0 Å². The van der Waals surface area contributed by atoms with E-state index in [-0.39, 0.29) is 0 Å². The summed E-state index contributed by atoms with van der Waals surface area (Å²) in [7, 11) is 0. The van der Waals surface area contributed by atoms with Crippen LogP contribution in [-0.2, 0) is 9.53 Å². The molecule has 0 bridgehead atoms. The lowest BCUT2D eigenvalue weighted by molar-refractivity contribution is -0.108. The summed E-state index contributed by atoms with van der Waals surface area (Å²) >= 11 is 5.89. The Balaban J connectivity index is 2.15. The summed E-state index contributed by atoms with van der Waals surface area (Å²) in [5.74, 6) is 0.865. The van der Waals surface area contributed by atoms with Crippen LogP contribution in [0.4, 0.5) is 0 Å². The number of carbonyl (C=O) groups is 1. The molecule has 1 aliphatic heterocycles. The molecule has 0 aliphatic carbocycles. The Morgan fingerprint density at radius 3 is 2.53 bits per heavy atom. The molecule has 17 heavy (non-hydrogen) atoms. The minimum atomic E-state index is 0.314.